The van der Waals surface area contributed by atoms with E-state index in [4.69, 9.17) is 4.74 Å². The van der Waals surface area contributed by atoms with E-state index in [0.29, 0.717) is 16.4 Å². The lowest BCUT2D eigenvalue weighted by atomic mass is 10.1. The molecule has 26 heavy (non-hydrogen) atoms. The summed E-state index contributed by atoms with van der Waals surface area (Å²) in [6, 6.07) is 18.7. The van der Waals surface area contributed by atoms with Crippen molar-refractivity contribution in [2.24, 2.45) is 0 Å². The maximum atomic E-state index is 14.2. The maximum absolute atomic E-state index is 14.2. The van der Waals surface area contributed by atoms with Crippen LogP contribution in [0.15, 0.2) is 72.8 Å². The first-order valence-corrected chi connectivity index (χ1v) is 9.98. The fraction of sp³-hybridized carbons (Fsp3) is 0.143. The van der Waals surface area contributed by atoms with Crippen LogP contribution in [0.5, 0.6) is 5.75 Å². The predicted molar refractivity (Wildman–Crippen MR) is 101 cm³/mol. The third kappa shape index (κ3) is 3.42. The summed E-state index contributed by atoms with van der Waals surface area (Å²) in [6.07, 6.45) is 0. The summed E-state index contributed by atoms with van der Waals surface area (Å²) in [5, 5.41) is 1.07. The Balaban J connectivity index is 2.14. The van der Waals surface area contributed by atoms with Gasteiger partial charge in [-0.2, -0.15) is 0 Å². The highest BCUT2D eigenvalue weighted by Gasteiger charge is 2.35. The zero-order valence-electron chi connectivity index (χ0n) is 14.5. The molecule has 0 heterocycles. The molecule has 1 unspecified atom stereocenters. The van der Waals surface area contributed by atoms with E-state index in [1.807, 2.05) is 31.2 Å². The third-order valence-electron chi connectivity index (χ3n) is 4.56. The Morgan fingerprint density at radius 3 is 1.58 bits per heavy atom. The van der Waals surface area contributed by atoms with Gasteiger partial charge >= 0.3 is 0 Å². The van der Waals surface area contributed by atoms with Gasteiger partial charge in [-0.05, 0) is 66.2 Å². The molecule has 134 valence electrons. The van der Waals surface area contributed by atoms with E-state index in [2.05, 4.69) is 0 Å². The minimum Gasteiger partial charge on any atom is -0.497 e. The number of benzene rings is 3. The zero-order chi connectivity index (χ0) is 18.7. The van der Waals surface area contributed by atoms with Crippen LogP contribution in [0, 0.1) is 11.6 Å². The van der Waals surface area contributed by atoms with Crippen molar-refractivity contribution in [2.75, 3.05) is 7.11 Å². The molecular weight excluding hydrogens is 353 g/mol. The molecule has 5 heteroatoms. The number of hydrogen-bond donors (Lipinski definition) is 0. The summed E-state index contributed by atoms with van der Waals surface area (Å²) < 4.78 is 46.2. The molecule has 2 nitrogen and oxygen atoms in total. The number of hydrogen-bond acceptors (Lipinski definition) is 2. The van der Waals surface area contributed by atoms with Crippen molar-refractivity contribution in [2.45, 2.75) is 12.6 Å². The molecule has 0 fully saturated rings. The minimum atomic E-state index is -3.17. The van der Waals surface area contributed by atoms with Crippen LogP contribution in [0.25, 0.3) is 0 Å². The zero-order valence-corrected chi connectivity index (χ0v) is 15.4. The normalized spacial score (nSPS) is 12.6. The molecule has 3 rings (SSSR count). The topological polar surface area (TPSA) is 26.3 Å². The second kappa shape index (κ2) is 7.43. The smallest absolute Gasteiger partial charge is 0.150 e. The first-order chi connectivity index (χ1) is 12.4. The van der Waals surface area contributed by atoms with E-state index in [-0.39, 0.29) is 5.66 Å². The maximum Gasteiger partial charge on any atom is 0.150 e. The van der Waals surface area contributed by atoms with Crippen LogP contribution in [0.4, 0.5) is 8.78 Å². The second-order valence-corrected chi connectivity index (χ2v) is 9.18. The monoisotopic (exact) mass is 372 g/mol. The molecule has 0 aromatic heterocycles. The van der Waals surface area contributed by atoms with Gasteiger partial charge in [0.25, 0.3) is 0 Å². The van der Waals surface area contributed by atoms with Crippen molar-refractivity contribution in [1.29, 1.82) is 0 Å². The number of rotatable bonds is 5. The molecule has 0 radical (unpaired) electrons. The van der Waals surface area contributed by atoms with Crippen molar-refractivity contribution in [1.82, 2.24) is 0 Å². The SMILES string of the molecule is COc1ccc(C(C)P(=O)(c2ccc(F)cc2)c2ccc(F)cc2)cc1. The lowest BCUT2D eigenvalue weighted by molar-refractivity contribution is 0.414. The summed E-state index contributed by atoms with van der Waals surface area (Å²) in [7, 11) is -1.59. The average molecular weight is 372 g/mol. The Morgan fingerprint density at radius 2 is 1.19 bits per heavy atom. The Morgan fingerprint density at radius 1 is 0.769 bits per heavy atom. The summed E-state index contributed by atoms with van der Waals surface area (Å²) in [4.78, 5) is 0. The fourth-order valence-corrected chi connectivity index (χ4v) is 5.98. The number of methoxy groups -OCH3 is 1. The summed E-state index contributed by atoms with van der Waals surface area (Å²) in [6.45, 7) is 1.87. The van der Waals surface area contributed by atoms with Crippen LogP contribution in [0.1, 0.15) is 18.1 Å². The van der Waals surface area contributed by atoms with Gasteiger partial charge < -0.3 is 9.30 Å². The van der Waals surface area contributed by atoms with E-state index in [0.717, 1.165) is 5.56 Å². The van der Waals surface area contributed by atoms with Crippen molar-refractivity contribution in [3.63, 3.8) is 0 Å². The Labute approximate surface area is 151 Å². The first kappa shape index (κ1) is 18.3. The van der Waals surface area contributed by atoms with Gasteiger partial charge in [-0.15, -0.1) is 0 Å². The predicted octanol–water partition coefficient (Wildman–Crippen LogP) is 5.05. The van der Waals surface area contributed by atoms with Crippen LogP contribution >= 0.6 is 7.14 Å². The molecule has 1 atom stereocenters. The highest BCUT2D eigenvalue weighted by atomic mass is 31.2. The van der Waals surface area contributed by atoms with E-state index in [1.54, 1.807) is 31.4 Å². The second-order valence-electron chi connectivity index (χ2n) is 6.06. The van der Waals surface area contributed by atoms with Gasteiger partial charge in [-0.25, -0.2) is 8.78 Å². The molecular formula is C21H19F2O2P. The Kier molecular flexibility index (Phi) is 5.24. The lowest BCUT2D eigenvalue weighted by Gasteiger charge is -2.26. The van der Waals surface area contributed by atoms with E-state index in [1.165, 1.54) is 24.3 Å². The lowest BCUT2D eigenvalue weighted by Crippen LogP contribution is -2.20. The van der Waals surface area contributed by atoms with Crippen LogP contribution < -0.4 is 15.3 Å². The molecule has 0 amide bonds. The van der Waals surface area contributed by atoms with Gasteiger partial charge in [-0.1, -0.05) is 19.1 Å². The van der Waals surface area contributed by atoms with Gasteiger partial charge in [0, 0.05) is 16.3 Å². The van der Waals surface area contributed by atoms with Gasteiger partial charge in [0.1, 0.15) is 24.5 Å². The van der Waals surface area contributed by atoms with E-state index in [9.17, 15) is 13.3 Å². The molecule has 0 bridgehead atoms. The number of ether oxygens (including phenoxy) is 1. The number of halogens is 2. The Hall–Kier alpha value is -2.45. The molecule has 0 aliphatic heterocycles. The average Bonchev–Trinajstić information content (AvgIpc) is 2.68. The van der Waals surface area contributed by atoms with Crippen LogP contribution in [0.3, 0.4) is 0 Å². The molecule has 0 aliphatic rings. The first-order valence-electron chi connectivity index (χ1n) is 8.21. The standard InChI is InChI=1S/C21H19F2O2P/c1-15(16-3-9-19(25-2)10-4-16)26(24,20-11-5-17(22)6-12-20)21-13-7-18(23)8-14-21/h3-15H,1-2H3. The third-order valence-corrected chi connectivity index (χ3v) is 8.08. The van der Waals surface area contributed by atoms with Gasteiger partial charge in [0.15, 0.2) is 0 Å². The highest BCUT2D eigenvalue weighted by molar-refractivity contribution is 7.79. The minimum absolute atomic E-state index is 0.371. The summed E-state index contributed by atoms with van der Waals surface area (Å²) in [5.41, 5.74) is 0.493. The summed E-state index contributed by atoms with van der Waals surface area (Å²) in [5.74, 6) is -0.0765. The van der Waals surface area contributed by atoms with Crippen LogP contribution in [0.2, 0.25) is 0 Å². The quantitative estimate of drug-likeness (QED) is 0.586. The molecule has 3 aromatic carbocycles. The van der Waals surface area contributed by atoms with Crippen LogP contribution in [-0.2, 0) is 4.57 Å². The van der Waals surface area contributed by atoms with Crippen molar-refractivity contribution in [3.8, 4) is 5.75 Å². The van der Waals surface area contributed by atoms with Gasteiger partial charge in [0.05, 0.1) is 7.11 Å². The highest BCUT2D eigenvalue weighted by Crippen LogP contribution is 2.57. The van der Waals surface area contributed by atoms with E-state index < -0.39 is 18.8 Å². The summed E-state index contributed by atoms with van der Waals surface area (Å²) >= 11 is 0. The molecule has 0 saturated heterocycles. The largest absolute Gasteiger partial charge is 0.497 e. The molecule has 0 spiro atoms. The molecule has 0 N–H and O–H groups in total. The molecule has 0 saturated carbocycles. The molecule has 3 aromatic rings. The van der Waals surface area contributed by atoms with Gasteiger partial charge in [-0.3, -0.25) is 0 Å². The fourth-order valence-electron chi connectivity index (χ4n) is 3.01. The van der Waals surface area contributed by atoms with Gasteiger partial charge in [0.2, 0.25) is 0 Å². The Bertz CT molecular complexity index is 870. The molecule has 0 aliphatic carbocycles. The van der Waals surface area contributed by atoms with Crippen molar-refractivity contribution in [3.05, 3.63) is 90.0 Å². The van der Waals surface area contributed by atoms with Crippen LogP contribution in [-0.4, -0.2) is 7.11 Å². The van der Waals surface area contributed by atoms with E-state index >= 15 is 0 Å². The van der Waals surface area contributed by atoms with Crippen molar-refractivity contribution >= 4 is 17.8 Å². The van der Waals surface area contributed by atoms with Crippen molar-refractivity contribution < 1.29 is 18.1 Å².